The summed E-state index contributed by atoms with van der Waals surface area (Å²) >= 11 is 0. The fraction of sp³-hybridized carbons (Fsp3) is 0.400. The van der Waals surface area contributed by atoms with Crippen LogP contribution < -0.4 is 19.7 Å². The average molecular weight is 514 g/mol. The highest BCUT2D eigenvalue weighted by Crippen LogP contribution is 2.33. The Bertz CT molecular complexity index is 1240. The van der Waals surface area contributed by atoms with Crippen molar-refractivity contribution < 1.29 is 14.3 Å². The Morgan fingerprint density at radius 2 is 1.55 bits per heavy atom. The summed E-state index contributed by atoms with van der Waals surface area (Å²) in [6.45, 7) is 7.78. The van der Waals surface area contributed by atoms with Gasteiger partial charge in [-0.3, -0.25) is 14.6 Å². The van der Waals surface area contributed by atoms with Crippen LogP contribution in [0.4, 0.5) is 5.82 Å². The van der Waals surface area contributed by atoms with Crippen LogP contribution in [0.15, 0.2) is 66.9 Å². The third-order valence-corrected chi connectivity index (χ3v) is 7.72. The quantitative estimate of drug-likeness (QED) is 0.518. The van der Waals surface area contributed by atoms with Crippen LogP contribution in [0.3, 0.4) is 0 Å². The van der Waals surface area contributed by atoms with Crippen molar-refractivity contribution in [2.75, 3.05) is 51.0 Å². The molecular formula is C30H35N5O3. The van der Waals surface area contributed by atoms with Gasteiger partial charge in [-0.2, -0.15) is 0 Å². The lowest BCUT2D eigenvalue weighted by Gasteiger charge is -2.35. The molecule has 0 spiro atoms. The number of nitrogens with one attached hydrogen (secondary N) is 1. The molecule has 1 amide bonds. The number of ether oxygens (including phenoxy) is 2. The van der Waals surface area contributed by atoms with Crippen molar-refractivity contribution in [3.63, 3.8) is 0 Å². The second-order valence-electron chi connectivity index (χ2n) is 10.4. The first-order valence-electron chi connectivity index (χ1n) is 13.6. The molecule has 2 saturated heterocycles. The van der Waals surface area contributed by atoms with E-state index in [0.717, 1.165) is 82.5 Å². The summed E-state index contributed by atoms with van der Waals surface area (Å²) in [6.07, 6.45) is 3.70. The summed E-state index contributed by atoms with van der Waals surface area (Å²) < 4.78 is 10.9. The van der Waals surface area contributed by atoms with Gasteiger partial charge in [0.15, 0.2) is 11.5 Å². The summed E-state index contributed by atoms with van der Waals surface area (Å²) in [5.41, 5.74) is 3.25. The molecule has 198 valence electrons. The first-order valence-corrected chi connectivity index (χ1v) is 13.6. The first-order chi connectivity index (χ1) is 18.7. The lowest BCUT2D eigenvalue weighted by Crippen LogP contribution is -2.46. The van der Waals surface area contributed by atoms with Gasteiger partial charge in [0.05, 0.1) is 0 Å². The van der Waals surface area contributed by atoms with Crippen molar-refractivity contribution in [3.8, 4) is 11.5 Å². The molecule has 0 bridgehead atoms. The van der Waals surface area contributed by atoms with Crippen molar-refractivity contribution in [3.05, 3.63) is 83.6 Å². The maximum absolute atomic E-state index is 13.1. The normalized spacial score (nSPS) is 18.5. The van der Waals surface area contributed by atoms with Crippen LogP contribution in [0.25, 0.3) is 0 Å². The van der Waals surface area contributed by atoms with E-state index in [4.69, 9.17) is 9.47 Å². The van der Waals surface area contributed by atoms with Crippen LogP contribution in [-0.2, 0) is 13.1 Å². The number of pyridine rings is 1. The van der Waals surface area contributed by atoms with E-state index >= 15 is 0 Å². The van der Waals surface area contributed by atoms with Crippen molar-refractivity contribution in [2.24, 2.45) is 0 Å². The molecule has 1 N–H and O–H groups in total. The molecule has 8 heteroatoms. The molecule has 1 aromatic heterocycles. The Kier molecular flexibility index (Phi) is 7.42. The zero-order valence-electron chi connectivity index (χ0n) is 21.7. The molecule has 0 unspecified atom stereocenters. The summed E-state index contributed by atoms with van der Waals surface area (Å²) in [6, 6.07) is 20.7. The number of nitrogens with zero attached hydrogens (tertiary/aromatic N) is 4. The molecule has 2 aromatic carbocycles. The van der Waals surface area contributed by atoms with Gasteiger partial charge < -0.3 is 19.7 Å². The van der Waals surface area contributed by atoms with E-state index in [0.29, 0.717) is 12.4 Å². The molecule has 38 heavy (non-hydrogen) atoms. The van der Waals surface area contributed by atoms with Gasteiger partial charge in [0.1, 0.15) is 5.82 Å². The van der Waals surface area contributed by atoms with E-state index in [1.807, 2.05) is 18.2 Å². The molecule has 6 rings (SSSR count). The van der Waals surface area contributed by atoms with Crippen LogP contribution in [0.1, 0.15) is 34.3 Å². The third kappa shape index (κ3) is 5.92. The number of fused-ring (bicyclic) bond motifs is 1. The molecule has 2 fully saturated rings. The van der Waals surface area contributed by atoms with E-state index in [9.17, 15) is 4.79 Å². The molecule has 0 saturated carbocycles. The lowest BCUT2D eigenvalue weighted by molar-refractivity contribution is 0.0909. The molecule has 3 aromatic rings. The number of carbonyl (C=O) groups excluding carboxylic acids is 1. The summed E-state index contributed by atoms with van der Waals surface area (Å²) in [7, 11) is 0. The van der Waals surface area contributed by atoms with Gasteiger partial charge >= 0.3 is 0 Å². The predicted octanol–water partition coefficient (Wildman–Crippen LogP) is 3.53. The largest absolute Gasteiger partial charge is 0.454 e. The van der Waals surface area contributed by atoms with Crippen molar-refractivity contribution in [2.45, 2.75) is 32.0 Å². The molecule has 0 radical (unpaired) electrons. The van der Waals surface area contributed by atoms with Gasteiger partial charge in [0, 0.05) is 70.2 Å². The van der Waals surface area contributed by atoms with E-state index < -0.39 is 0 Å². The number of likely N-dealkylation sites (tertiary alicyclic amines) is 1. The van der Waals surface area contributed by atoms with Crippen molar-refractivity contribution in [1.29, 1.82) is 0 Å². The highest BCUT2D eigenvalue weighted by atomic mass is 16.7. The van der Waals surface area contributed by atoms with Gasteiger partial charge in [-0.15, -0.1) is 0 Å². The smallest absolute Gasteiger partial charge is 0.251 e. The van der Waals surface area contributed by atoms with Gasteiger partial charge in [0.25, 0.3) is 5.91 Å². The van der Waals surface area contributed by atoms with E-state index in [-0.39, 0.29) is 11.9 Å². The van der Waals surface area contributed by atoms with Gasteiger partial charge in [-0.05, 0) is 48.2 Å². The summed E-state index contributed by atoms with van der Waals surface area (Å²) in [4.78, 5) is 24.8. The molecule has 0 aliphatic carbocycles. The van der Waals surface area contributed by atoms with Gasteiger partial charge in [-0.1, -0.05) is 36.4 Å². The number of hydrogen-bond donors (Lipinski definition) is 1. The monoisotopic (exact) mass is 513 g/mol. The maximum Gasteiger partial charge on any atom is 0.251 e. The molecule has 4 heterocycles. The SMILES string of the molecule is O=C(NC1CCN(Cc2ccccc2)CC1)c1ccnc(N2CCN(Cc3ccc4c(c3)OCO4)CC2)c1. The van der Waals surface area contributed by atoms with E-state index in [1.165, 1.54) is 11.1 Å². The van der Waals surface area contributed by atoms with Crippen LogP contribution >= 0.6 is 0 Å². The number of anilines is 1. The topological polar surface area (TPSA) is 70.2 Å². The lowest BCUT2D eigenvalue weighted by atomic mass is 10.0. The summed E-state index contributed by atoms with van der Waals surface area (Å²) in [5, 5.41) is 3.26. The Morgan fingerprint density at radius 1 is 0.816 bits per heavy atom. The third-order valence-electron chi connectivity index (χ3n) is 7.72. The van der Waals surface area contributed by atoms with Crippen LogP contribution in [-0.4, -0.2) is 72.8 Å². The number of amides is 1. The zero-order valence-corrected chi connectivity index (χ0v) is 21.7. The minimum Gasteiger partial charge on any atom is -0.454 e. The Balaban J connectivity index is 0.977. The number of piperidine rings is 1. The number of carbonyl (C=O) groups is 1. The molecule has 0 atom stereocenters. The van der Waals surface area contributed by atoms with E-state index in [2.05, 4.69) is 67.5 Å². The molecule has 8 nitrogen and oxygen atoms in total. The average Bonchev–Trinajstić information content (AvgIpc) is 3.43. The van der Waals surface area contributed by atoms with E-state index in [1.54, 1.807) is 6.20 Å². The maximum atomic E-state index is 13.1. The summed E-state index contributed by atoms with van der Waals surface area (Å²) in [5.74, 6) is 2.52. The Morgan fingerprint density at radius 3 is 2.37 bits per heavy atom. The highest BCUT2D eigenvalue weighted by molar-refractivity contribution is 5.95. The first kappa shape index (κ1) is 24.7. The second kappa shape index (κ2) is 11.4. The standard InChI is InChI=1S/C30H35N5O3/c36-30(32-26-9-12-33(13-10-26)20-23-4-2-1-3-5-23)25-8-11-31-29(19-25)35-16-14-34(15-17-35)21-24-6-7-27-28(18-24)38-22-37-27/h1-8,11,18-19,26H,9-10,12-17,20-22H2,(H,32,36). The van der Waals surface area contributed by atoms with Crippen LogP contribution in [0.2, 0.25) is 0 Å². The minimum absolute atomic E-state index is 0.00314. The second-order valence-corrected chi connectivity index (χ2v) is 10.4. The predicted molar refractivity (Wildman–Crippen MR) is 146 cm³/mol. The number of piperazine rings is 1. The van der Waals surface area contributed by atoms with Crippen LogP contribution in [0, 0.1) is 0 Å². The number of aromatic nitrogens is 1. The minimum atomic E-state index is -0.00314. The molecular weight excluding hydrogens is 478 g/mol. The Hall–Kier alpha value is -3.62. The number of rotatable bonds is 7. The molecule has 3 aliphatic rings. The van der Waals surface area contributed by atoms with Gasteiger partial charge in [0.2, 0.25) is 6.79 Å². The Labute approximate surface area is 224 Å². The fourth-order valence-electron chi connectivity index (χ4n) is 5.51. The number of hydrogen-bond acceptors (Lipinski definition) is 7. The van der Waals surface area contributed by atoms with Crippen molar-refractivity contribution in [1.82, 2.24) is 20.1 Å². The number of benzene rings is 2. The fourth-order valence-corrected chi connectivity index (χ4v) is 5.51. The zero-order chi connectivity index (χ0) is 25.7. The van der Waals surface area contributed by atoms with Crippen molar-refractivity contribution >= 4 is 11.7 Å². The van der Waals surface area contributed by atoms with Crippen LogP contribution in [0.5, 0.6) is 11.5 Å². The van der Waals surface area contributed by atoms with Gasteiger partial charge in [-0.25, -0.2) is 4.98 Å². The molecule has 3 aliphatic heterocycles. The highest BCUT2D eigenvalue weighted by Gasteiger charge is 2.23.